The molecule has 2 amide bonds. The number of carbonyl (C=O) groups excluding carboxylic acids is 2. The molecule has 2 aromatic rings. The number of hydrogen-bond donors (Lipinski definition) is 1. The van der Waals surface area contributed by atoms with Gasteiger partial charge in [0.05, 0.1) is 10.7 Å². The number of nitro benzene ring substituents is 1. The average Bonchev–Trinajstić information content (AvgIpc) is 2.75. The summed E-state index contributed by atoms with van der Waals surface area (Å²) in [5.74, 6) is 0.178. The third-order valence-corrected chi connectivity index (χ3v) is 6.55. The second-order valence-corrected chi connectivity index (χ2v) is 9.53. The molecule has 0 saturated carbocycles. The summed E-state index contributed by atoms with van der Waals surface area (Å²) in [5.41, 5.74) is 1.47. The zero-order chi connectivity index (χ0) is 24.5. The van der Waals surface area contributed by atoms with Crippen LogP contribution < -0.4 is 5.32 Å². The highest BCUT2D eigenvalue weighted by molar-refractivity contribution is 7.99. The second-order valence-electron chi connectivity index (χ2n) is 7.73. The zero-order valence-corrected chi connectivity index (χ0v) is 21.0. The maximum atomic E-state index is 13.2. The highest BCUT2D eigenvalue weighted by atomic mass is 35.5. The third-order valence-electron chi connectivity index (χ3n) is 4.85. The van der Waals surface area contributed by atoms with Crippen LogP contribution in [0, 0.1) is 10.1 Å². The summed E-state index contributed by atoms with van der Waals surface area (Å²) in [4.78, 5) is 38.0. The Balaban J connectivity index is 2.17. The number of halogens is 2. The Morgan fingerprint density at radius 3 is 2.24 bits per heavy atom. The van der Waals surface area contributed by atoms with E-state index in [-0.39, 0.29) is 35.8 Å². The molecular formula is C23H27Cl2N3O4S. The van der Waals surface area contributed by atoms with Gasteiger partial charge >= 0.3 is 0 Å². The van der Waals surface area contributed by atoms with Crippen molar-refractivity contribution in [3.63, 3.8) is 0 Å². The molecule has 0 aliphatic heterocycles. The topological polar surface area (TPSA) is 92.6 Å². The van der Waals surface area contributed by atoms with E-state index in [4.69, 9.17) is 23.2 Å². The van der Waals surface area contributed by atoms with Crippen molar-refractivity contribution in [2.45, 2.75) is 51.6 Å². The summed E-state index contributed by atoms with van der Waals surface area (Å²) in [5, 5.41) is 14.5. The van der Waals surface area contributed by atoms with Gasteiger partial charge < -0.3 is 10.2 Å². The zero-order valence-electron chi connectivity index (χ0n) is 18.7. The van der Waals surface area contributed by atoms with Gasteiger partial charge in [-0.3, -0.25) is 19.7 Å². The van der Waals surface area contributed by atoms with E-state index in [1.54, 1.807) is 30.3 Å². The summed E-state index contributed by atoms with van der Waals surface area (Å²) >= 11 is 14.0. The van der Waals surface area contributed by atoms with Gasteiger partial charge in [0.1, 0.15) is 6.04 Å². The van der Waals surface area contributed by atoms with Crippen LogP contribution in [-0.4, -0.2) is 39.5 Å². The second kappa shape index (κ2) is 12.8. The highest BCUT2D eigenvalue weighted by Crippen LogP contribution is 2.27. The lowest BCUT2D eigenvalue weighted by molar-refractivity contribution is -0.384. The van der Waals surface area contributed by atoms with Crippen LogP contribution in [0.1, 0.15) is 38.3 Å². The van der Waals surface area contributed by atoms with Gasteiger partial charge in [-0.05, 0) is 38.0 Å². The molecule has 0 heterocycles. The number of hydrogen-bond acceptors (Lipinski definition) is 5. The lowest BCUT2D eigenvalue weighted by atomic mass is 10.1. The number of non-ortho nitro benzene ring substituents is 1. The van der Waals surface area contributed by atoms with E-state index in [9.17, 15) is 19.7 Å². The highest BCUT2D eigenvalue weighted by Gasteiger charge is 2.29. The van der Waals surface area contributed by atoms with E-state index in [1.165, 1.54) is 28.8 Å². The third kappa shape index (κ3) is 7.91. The average molecular weight is 512 g/mol. The van der Waals surface area contributed by atoms with Gasteiger partial charge in [-0.15, -0.1) is 11.8 Å². The largest absolute Gasteiger partial charge is 0.352 e. The van der Waals surface area contributed by atoms with Gasteiger partial charge in [-0.1, -0.05) is 48.3 Å². The van der Waals surface area contributed by atoms with Crippen molar-refractivity contribution >= 4 is 52.5 Å². The van der Waals surface area contributed by atoms with Crippen LogP contribution in [0.3, 0.4) is 0 Å². The molecule has 0 spiro atoms. The van der Waals surface area contributed by atoms with E-state index in [2.05, 4.69) is 5.32 Å². The molecule has 0 radical (unpaired) electrons. The number of thioether (sulfide) groups is 1. The minimum absolute atomic E-state index is 0.0181. The molecule has 0 fully saturated rings. The first-order valence-corrected chi connectivity index (χ1v) is 12.4. The van der Waals surface area contributed by atoms with Gasteiger partial charge in [0.2, 0.25) is 11.8 Å². The number of amides is 2. The number of benzene rings is 2. The summed E-state index contributed by atoms with van der Waals surface area (Å²) in [6, 6.07) is 10.6. The quantitative estimate of drug-likeness (QED) is 0.319. The summed E-state index contributed by atoms with van der Waals surface area (Å²) in [6.45, 7) is 5.69. The fourth-order valence-corrected chi connectivity index (χ4v) is 4.59. The van der Waals surface area contributed by atoms with Crippen molar-refractivity contribution in [3.05, 3.63) is 73.8 Å². The molecule has 0 aliphatic rings. The molecule has 1 atom stereocenters. The van der Waals surface area contributed by atoms with Crippen molar-refractivity contribution < 1.29 is 14.5 Å². The number of rotatable bonds is 11. The van der Waals surface area contributed by atoms with E-state index in [1.807, 2.05) is 20.8 Å². The SMILES string of the molecule is CC[C@H](C(=O)NC(C)C)N(Cc1c(Cl)cccc1Cl)C(=O)CSCc1ccc([N+](=O)[O-])cc1. The number of carbonyl (C=O) groups is 2. The molecule has 33 heavy (non-hydrogen) atoms. The van der Waals surface area contributed by atoms with Gasteiger partial charge in [-0.2, -0.15) is 0 Å². The molecule has 0 unspecified atom stereocenters. The van der Waals surface area contributed by atoms with Crippen molar-refractivity contribution in [2.24, 2.45) is 0 Å². The molecule has 178 valence electrons. The van der Waals surface area contributed by atoms with Gasteiger partial charge in [0.25, 0.3) is 5.69 Å². The van der Waals surface area contributed by atoms with Crippen molar-refractivity contribution in [2.75, 3.05) is 5.75 Å². The Morgan fingerprint density at radius 2 is 1.73 bits per heavy atom. The molecular weight excluding hydrogens is 485 g/mol. The van der Waals surface area contributed by atoms with Crippen molar-refractivity contribution in [1.29, 1.82) is 0 Å². The van der Waals surface area contributed by atoms with Gasteiger partial charge in [0.15, 0.2) is 0 Å². The minimum Gasteiger partial charge on any atom is -0.352 e. The van der Waals surface area contributed by atoms with Crippen LogP contribution in [0.2, 0.25) is 10.0 Å². The van der Waals surface area contributed by atoms with E-state index < -0.39 is 11.0 Å². The maximum absolute atomic E-state index is 13.2. The predicted molar refractivity (Wildman–Crippen MR) is 134 cm³/mol. The first-order valence-electron chi connectivity index (χ1n) is 10.5. The Hall–Kier alpha value is -2.29. The molecule has 2 rings (SSSR count). The molecule has 0 aliphatic carbocycles. The van der Waals surface area contributed by atoms with Gasteiger partial charge in [-0.25, -0.2) is 0 Å². The molecule has 1 N–H and O–H groups in total. The van der Waals surface area contributed by atoms with Crippen LogP contribution in [0.5, 0.6) is 0 Å². The van der Waals surface area contributed by atoms with E-state index in [0.29, 0.717) is 27.8 Å². The standard InChI is InChI=1S/C23H27Cl2N3O4S/c1-4-21(23(30)26-15(2)3)27(12-18-19(24)6-5-7-20(18)25)22(29)14-33-13-16-8-10-17(11-9-16)28(31)32/h5-11,15,21H,4,12-14H2,1-3H3,(H,26,30)/t21-/m1/s1. The lowest BCUT2D eigenvalue weighted by Crippen LogP contribution is -2.51. The Bertz CT molecular complexity index is 966. The number of nitro groups is 1. The molecule has 0 saturated heterocycles. The molecule has 0 bridgehead atoms. The van der Waals surface area contributed by atoms with Crippen molar-refractivity contribution in [1.82, 2.24) is 10.2 Å². The van der Waals surface area contributed by atoms with E-state index in [0.717, 1.165) is 5.56 Å². The van der Waals surface area contributed by atoms with Gasteiger partial charge in [0, 0.05) is 46.1 Å². The van der Waals surface area contributed by atoms with Crippen LogP contribution in [0.4, 0.5) is 5.69 Å². The predicted octanol–water partition coefficient (Wildman–Crippen LogP) is 5.47. The Labute approximate surface area is 208 Å². The first-order chi connectivity index (χ1) is 15.6. The molecule has 10 heteroatoms. The summed E-state index contributed by atoms with van der Waals surface area (Å²) < 4.78 is 0. The monoisotopic (exact) mass is 511 g/mol. The van der Waals surface area contributed by atoms with Crippen LogP contribution in [0.15, 0.2) is 42.5 Å². The number of nitrogens with one attached hydrogen (secondary N) is 1. The minimum atomic E-state index is -0.674. The fraction of sp³-hybridized carbons (Fsp3) is 0.391. The molecule has 7 nitrogen and oxygen atoms in total. The molecule has 0 aromatic heterocycles. The normalized spacial score (nSPS) is 11.8. The lowest BCUT2D eigenvalue weighted by Gasteiger charge is -2.31. The van der Waals surface area contributed by atoms with Crippen LogP contribution >= 0.6 is 35.0 Å². The number of nitrogens with zero attached hydrogens (tertiary/aromatic N) is 2. The van der Waals surface area contributed by atoms with Crippen LogP contribution in [0.25, 0.3) is 0 Å². The smallest absolute Gasteiger partial charge is 0.269 e. The summed E-state index contributed by atoms with van der Waals surface area (Å²) in [6.07, 6.45) is 0.430. The Kier molecular flexibility index (Phi) is 10.5. The first kappa shape index (κ1) is 27.0. The van der Waals surface area contributed by atoms with Crippen LogP contribution in [-0.2, 0) is 21.9 Å². The fourth-order valence-electron chi connectivity index (χ4n) is 3.21. The molecule has 2 aromatic carbocycles. The van der Waals surface area contributed by atoms with E-state index >= 15 is 0 Å². The maximum Gasteiger partial charge on any atom is 0.269 e. The summed E-state index contributed by atoms with van der Waals surface area (Å²) in [7, 11) is 0. The van der Waals surface area contributed by atoms with Crippen molar-refractivity contribution in [3.8, 4) is 0 Å². The Morgan fingerprint density at radius 1 is 1.12 bits per heavy atom.